The highest BCUT2D eigenvalue weighted by molar-refractivity contribution is 4.69. The van der Waals surface area contributed by atoms with E-state index in [-0.39, 0.29) is 6.17 Å². The highest BCUT2D eigenvalue weighted by Crippen LogP contribution is 2.10. The van der Waals surface area contributed by atoms with Crippen molar-refractivity contribution in [2.75, 3.05) is 13.2 Å². The van der Waals surface area contributed by atoms with Crippen molar-refractivity contribution in [3.05, 3.63) is 0 Å². The van der Waals surface area contributed by atoms with Gasteiger partial charge in [0, 0.05) is 13.2 Å². The van der Waals surface area contributed by atoms with Crippen LogP contribution in [0.1, 0.15) is 26.2 Å². The minimum atomic E-state index is 0.138. The van der Waals surface area contributed by atoms with Gasteiger partial charge in [0.25, 0.3) is 0 Å². The predicted molar refractivity (Wildman–Crippen MR) is 45.2 cm³/mol. The SMILES string of the molecule is CCC(N)NCC1CCCO1. The zero-order valence-electron chi connectivity index (χ0n) is 7.18. The van der Waals surface area contributed by atoms with Crippen molar-refractivity contribution < 1.29 is 4.74 Å². The number of ether oxygens (including phenoxy) is 1. The quantitative estimate of drug-likeness (QED) is 0.584. The maximum Gasteiger partial charge on any atom is 0.0700 e. The lowest BCUT2D eigenvalue weighted by molar-refractivity contribution is 0.107. The minimum Gasteiger partial charge on any atom is -0.377 e. The zero-order chi connectivity index (χ0) is 8.10. The Morgan fingerprint density at radius 3 is 3.09 bits per heavy atom. The van der Waals surface area contributed by atoms with Crippen molar-refractivity contribution in [3.8, 4) is 0 Å². The summed E-state index contributed by atoms with van der Waals surface area (Å²) in [5, 5.41) is 3.23. The Morgan fingerprint density at radius 2 is 2.55 bits per heavy atom. The maximum atomic E-state index is 5.68. The average molecular weight is 158 g/mol. The molecule has 1 fully saturated rings. The van der Waals surface area contributed by atoms with Crippen LogP contribution in [-0.2, 0) is 4.74 Å². The molecule has 1 aliphatic rings. The summed E-state index contributed by atoms with van der Waals surface area (Å²) in [4.78, 5) is 0. The molecule has 1 saturated heterocycles. The van der Waals surface area contributed by atoms with Gasteiger partial charge in [-0.1, -0.05) is 6.92 Å². The molecule has 0 radical (unpaired) electrons. The van der Waals surface area contributed by atoms with Gasteiger partial charge in [-0.05, 0) is 19.3 Å². The van der Waals surface area contributed by atoms with E-state index in [1.807, 2.05) is 0 Å². The van der Waals surface area contributed by atoms with Gasteiger partial charge in [0.15, 0.2) is 0 Å². The molecule has 1 heterocycles. The second kappa shape index (κ2) is 4.70. The van der Waals surface area contributed by atoms with Crippen molar-refractivity contribution >= 4 is 0 Å². The molecule has 2 atom stereocenters. The number of nitrogens with two attached hydrogens (primary N) is 1. The van der Waals surface area contributed by atoms with Gasteiger partial charge in [0.2, 0.25) is 0 Å². The lowest BCUT2D eigenvalue weighted by Crippen LogP contribution is -2.40. The van der Waals surface area contributed by atoms with E-state index in [2.05, 4.69) is 12.2 Å². The first-order valence-corrected chi connectivity index (χ1v) is 4.43. The predicted octanol–water partition coefficient (Wildman–Crippen LogP) is 0.450. The number of nitrogens with one attached hydrogen (secondary N) is 1. The molecule has 3 nitrogen and oxygen atoms in total. The molecule has 0 aromatic rings. The average Bonchev–Trinajstić information content (AvgIpc) is 2.52. The van der Waals surface area contributed by atoms with Gasteiger partial charge in [-0.2, -0.15) is 0 Å². The molecule has 0 aromatic carbocycles. The van der Waals surface area contributed by atoms with Crippen LogP contribution in [0.3, 0.4) is 0 Å². The van der Waals surface area contributed by atoms with Crippen LogP contribution in [0.2, 0.25) is 0 Å². The monoisotopic (exact) mass is 158 g/mol. The van der Waals surface area contributed by atoms with E-state index < -0.39 is 0 Å². The topological polar surface area (TPSA) is 47.3 Å². The number of hydrogen-bond acceptors (Lipinski definition) is 3. The highest BCUT2D eigenvalue weighted by atomic mass is 16.5. The summed E-state index contributed by atoms with van der Waals surface area (Å²) in [5.41, 5.74) is 5.68. The normalized spacial score (nSPS) is 27.3. The Kier molecular flexibility index (Phi) is 3.83. The van der Waals surface area contributed by atoms with E-state index in [1.54, 1.807) is 0 Å². The smallest absolute Gasteiger partial charge is 0.0700 e. The van der Waals surface area contributed by atoms with Gasteiger partial charge < -0.3 is 10.5 Å². The lowest BCUT2D eigenvalue weighted by atomic mass is 10.2. The van der Waals surface area contributed by atoms with Crippen molar-refractivity contribution in [2.24, 2.45) is 5.73 Å². The maximum absolute atomic E-state index is 5.68. The fraction of sp³-hybridized carbons (Fsp3) is 1.00. The molecule has 0 spiro atoms. The van der Waals surface area contributed by atoms with Crippen LogP contribution in [0.5, 0.6) is 0 Å². The minimum absolute atomic E-state index is 0.138. The van der Waals surface area contributed by atoms with Crippen LogP contribution in [0.15, 0.2) is 0 Å². The Morgan fingerprint density at radius 1 is 1.73 bits per heavy atom. The molecule has 3 N–H and O–H groups in total. The number of rotatable bonds is 4. The molecular formula is C8H18N2O. The summed E-state index contributed by atoms with van der Waals surface area (Å²) in [5.74, 6) is 0. The van der Waals surface area contributed by atoms with Crippen LogP contribution in [0.4, 0.5) is 0 Å². The molecule has 1 aliphatic heterocycles. The van der Waals surface area contributed by atoms with Crippen molar-refractivity contribution in [1.29, 1.82) is 0 Å². The molecule has 0 aliphatic carbocycles. The second-order valence-electron chi connectivity index (χ2n) is 3.06. The van der Waals surface area contributed by atoms with Crippen LogP contribution >= 0.6 is 0 Å². The summed E-state index contributed by atoms with van der Waals surface area (Å²) in [6.45, 7) is 3.91. The van der Waals surface area contributed by atoms with Crippen molar-refractivity contribution in [1.82, 2.24) is 5.32 Å². The zero-order valence-corrected chi connectivity index (χ0v) is 7.18. The van der Waals surface area contributed by atoms with Gasteiger partial charge >= 0.3 is 0 Å². The molecule has 3 heteroatoms. The molecule has 11 heavy (non-hydrogen) atoms. The van der Waals surface area contributed by atoms with Gasteiger partial charge in [-0.15, -0.1) is 0 Å². The molecular weight excluding hydrogens is 140 g/mol. The molecule has 0 saturated carbocycles. The number of hydrogen-bond donors (Lipinski definition) is 2. The van der Waals surface area contributed by atoms with E-state index in [0.29, 0.717) is 6.10 Å². The van der Waals surface area contributed by atoms with Gasteiger partial charge in [-0.3, -0.25) is 5.32 Å². The standard InChI is InChI=1S/C8H18N2O/c1-2-8(9)10-6-7-4-3-5-11-7/h7-8,10H,2-6,9H2,1H3. The van der Waals surface area contributed by atoms with Gasteiger partial charge in [-0.25, -0.2) is 0 Å². The first kappa shape index (κ1) is 8.97. The van der Waals surface area contributed by atoms with Crippen LogP contribution < -0.4 is 11.1 Å². The summed E-state index contributed by atoms with van der Waals surface area (Å²) < 4.78 is 5.43. The van der Waals surface area contributed by atoms with E-state index in [0.717, 1.165) is 19.6 Å². The second-order valence-corrected chi connectivity index (χ2v) is 3.06. The molecule has 0 bridgehead atoms. The van der Waals surface area contributed by atoms with Crippen LogP contribution in [0.25, 0.3) is 0 Å². The van der Waals surface area contributed by atoms with Gasteiger partial charge in [0.05, 0.1) is 12.3 Å². The Bertz CT molecular complexity index is 102. The van der Waals surface area contributed by atoms with Crippen LogP contribution in [0, 0.1) is 0 Å². The third-order valence-electron chi connectivity index (χ3n) is 2.07. The molecule has 66 valence electrons. The Labute approximate surface area is 68.3 Å². The summed E-state index contributed by atoms with van der Waals surface area (Å²) >= 11 is 0. The summed E-state index contributed by atoms with van der Waals surface area (Å²) in [7, 11) is 0. The fourth-order valence-electron chi connectivity index (χ4n) is 1.23. The molecule has 0 aromatic heterocycles. The first-order valence-electron chi connectivity index (χ1n) is 4.43. The van der Waals surface area contributed by atoms with Crippen molar-refractivity contribution in [2.45, 2.75) is 38.5 Å². The van der Waals surface area contributed by atoms with Crippen LogP contribution in [-0.4, -0.2) is 25.4 Å². The van der Waals surface area contributed by atoms with E-state index in [9.17, 15) is 0 Å². The molecule has 1 rings (SSSR count). The third kappa shape index (κ3) is 3.18. The third-order valence-corrected chi connectivity index (χ3v) is 2.07. The van der Waals surface area contributed by atoms with E-state index >= 15 is 0 Å². The molecule has 0 amide bonds. The largest absolute Gasteiger partial charge is 0.377 e. The molecule has 2 unspecified atom stereocenters. The van der Waals surface area contributed by atoms with E-state index in [1.165, 1.54) is 12.8 Å². The van der Waals surface area contributed by atoms with Gasteiger partial charge in [0.1, 0.15) is 0 Å². The fourth-order valence-corrected chi connectivity index (χ4v) is 1.23. The highest BCUT2D eigenvalue weighted by Gasteiger charge is 2.15. The first-order chi connectivity index (χ1) is 5.33. The summed E-state index contributed by atoms with van der Waals surface area (Å²) in [6.07, 6.45) is 3.91. The lowest BCUT2D eigenvalue weighted by Gasteiger charge is -2.14. The Hall–Kier alpha value is -0.120. The van der Waals surface area contributed by atoms with E-state index in [4.69, 9.17) is 10.5 Å². The van der Waals surface area contributed by atoms with Crippen molar-refractivity contribution in [3.63, 3.8) is 0 Å². The summed E-state index contributed by atoms with van der Waals surface area (Å²) in [6, 6.07) is 0. The Balaban J connectivity index is 2.01.